The van der Waals surface area contributed by atoms with Crippen LogP contribution in [-0.4, -0.2) is 16.7 Å². The average molecular weight is 237 g/mol. The number of carbonyl (C=O) groups excluding carboxylic acids is 2. The van der Waals surface area contributed by atoms with Crippen LogP contribution in [0.15, 0.2) is 24.3 Å². The Kier molecular flexibility index (Phi) is 2.63. The predicted molar refractivity (Wildman–Crippen MR) is 61.3 cm³/mol. The first kappa shape index (κ1) is 11.0. The number of esters is 1. The molecule has 16 heavy (non-hydrogen) atoms. The quantitative estimate of drug-likeness (QED) is 0.330. The van der Waals surface area contributed by atoms with Gasteiger partial charge in [0.25, 0.3) is 0 Å². The monoisotopic (exact) mass is 237 g/mol. The Labute approximate surface area is 98.4 Å². The average Bonchev–Trinajstić information content (AvgIpc) is 2.18. The summed E-state index contributed by atoms with van der Waals surface area (Å²) in [6.45, 7) is 1.34. The highest BCUT2D eigenvalue weighted by Gasteiger charge is 2.42. The van der Waals surface area contributed by atoms with Gasteiger partial charge in [-0.05, 0) is 11.6 Å². The van der Waals surface area contributed by atoms with E-state index in [0.717, 1.165) is 5.56 Å². The number of hydrogen-bond donors (Lipinski definition) is 2. The number of fused-ring (bicyclic) bond motifs is 1. The number of carbonyl (C=O) groups is 2. The highest BCUT2D eigenvalue weighted by molar-refractivity contribution is 7.82. The lowest BCUT2D eigenvalue weighted by Gasteiger charge is -2.31. The minimum absolute atomic E-state index is 0.314. The first-order chi connectivity index (χ1) is 7.51. The maximum Gasteiger partial charge on any atom is 0.348 e. The maximum absolute atomic E-state index is 11.7. The molecule has 1 aliphatic rings. The number of benzene rings is 1. The van der Waals surface area contributed by atoms with Crippen LogP contribution in [0, 0.1) is 0 Å². The lowest BCUT2D eigenvalue weighted by molar-refractivity contribution is -0.141. The Bertz CT molecular complexity index is 460. The van der Waals surface area contributed by atoms with Crippen molar-refractivity contribution in [1.29, 1.82) is 0 Å². The van der Waals surface area contributed by atoms with E-state index in [0.29, 0.717) is 12.2 Å². The van der Waals surface area contributed by atoms with E-state index >= 15 is 0 Å². The molecule has 0 saturated heterocycles. The van der Waals surface area contributed by atoms with Gasteiger partial charge in [0.05, 0.1) is 0 Å². The second-order valence-electron chi connectivity index (χ2n) is 3.72. The molecule has 1 heterocycles. The second kappa shape index (κ2) is 3.83. The highest BCUT2D eigenvalue weighted by atomic mass is 32.1. The topological polar surface area (TPSA) is 55.4 Å². The predicted octanol–water partition coefficient (Wildman–Crippen LogP) is 0.910. The smallest absolute Gasteiger partial charge is 0.348 e. The number of amides is 1. The fourth-order valence-electron chi connectivity index (χ4n) is 1.67. The summed E-state index contributed by atoms with van der Waals surface area (Å²) in [6.07, 6.45) is 0.324. The third-order valence-electron chi connectivity index (χ3n) is 2.34. The van der Waals surface area contributed by atoms with Crippen LogP contribution in [-0.2, 0) is 16.0 Å². The SMILES string of the molecule is CC(=O)NC1(S)Cc2ccccc2OC1=O. The molecular weight excluding hydrogens is 226 g/mol. The van der Waals surface area contributed by atoms with E-state index in [2.05, 4.69) is 17.9 Å². The Hall–Kier alpha value is -1.49. The van der Waals surface area contributed by atoms with Gasteiger partial charge >= 0.3 is 5.97 Å². The molecule has 1 aliphatic heterocycles. The summed E-state index contributed by atoms with van der Waals surface area (Å²) in [4.78, 5) is 21.4. The van der Waals surface area contributed by atoms with Gasteiger partial charge in [-0.15, -0.1) is 12.6 Å². The molecule has 0 aromatic heterocycles. The van der Waals surface area contributed by atoms with Crippen molar-refractivity contribution in [2.45, 2.75) is 18.2 Å². The largest absolute Gasteiger partial charge is 0.424 e. The Morgan fingerprint density at radius 3 is 2.88 bits per heavy atom. The van der Waals surface area contributed by atoms with Gasteiger partial charge in [-0.25, -0.2) is 4.79 Å². The Balaban J connectivity index is 2.34. The number of hydrogen-bond acceptors (Lipinski definition) is 4. The lowest BCUT2D eigenvalue weighted by Crippen LogP contribution is -2.54. The zero-order chi connectivity index (χ0) is 11.8. The van der Waals surface area contributed by atoms with Crippen LogP contribution in [0.25, 0.3) is 0 Å². The zero-order valence-electron chi connectivity index (χ0n) is 8.69. The van der Waals surface area contributed by atoms with Crippen molar-refractivity contribution in [2.75, 3.05) is 0 Å². The fourth-order valence-corrected chi connectivity index (χ4v) is 2.04. The fraction of sp³-hybridized carbons (Fsp3) is 0.273. The molecule has 0 saturated carbocycles. The van der Waals surface area contributed by atoms with Crippen molar-refractivity contribution in [3.05, 3.63) is 29.8 Å². The van der Waals surface area contributed by atoms with Gasteiger partial charge in [-0.3, -0.25) is 4.79 Å². The standard InChI is InChI=1S/C11H11NO3S/c1-7(13)12-11(16)6-8-4-2-3-5-9(8)15-10(11)14/h2-5,16H,6H2,1H3,(H,12,13). The molecule has 1 aromatic rings. The summed E-state index contributed by atoms with van der Waals surface area (Å²) in [5.74, 6) is -0.335. The zero-order valence-corrected chi connectivity index (χ0v) is 9.58. The van der Waals surface area contributed by atoms with Crippen LogP contribution in [0.2, 0.25) is 0 Å². The third-order valence-corrected chi connectivity index (χ3v) is 2.79. The Morgan fingerprint density at radius 1 is 1.50 bits per heavy atom. The molecule has 2 rings (SSSR count). The van der Waals surface area contributed by atoms with E-state index < -0.39 is 10.8 Å². The molecule has 0 aliphatic carbocycles. The molecule has 4 nitrogen and oxygen atoms in total. The lowest BCUT2D eigenvalue weighted by atomic mass is 10.0. The summed E-state index contributed by atoms with van der Waals surface area (Å²) in [6, 6.07) is 7.19. The molecule has 5 heteroatoms. The molecule has 84 valence electrons. The van der Waals surface area contributed by atoms with E-state index in [1.165, 1.54) is 6.92 Å². The Morgan fingerprint density at radius 2 is 2.19 bits per heavy atom. The van der Waals surface area contributed by atoms with E-state index in [4.69, 9.17) is 4.74 Å². The van der Waals surface area contributed by atoms with E-state index in [9.17, 15) is 9.59 Å². The number of para-hydroxylation sites is 1. The summed E-state index contributed by atoms with van der Waals surface area (Å²) < 4.78 is 5.12. The van der Waals surface area contributed by atoms with Gasteiger partial charge in [0.15, 0.2) is 4.87 Å². The molecule has 1 amide bonds. The summed E-state index contributed by atoms with van der Waals surface area (Å²) >= 11 is 4.20. The molecule has 1 N–H and O–H groups in total. The van der Waals surface area contributed by atoms with Gasteiger partial charge < -0.3 is 10.1 Å². The number of rotatable bonds is 1. The van der Waals surface area contributed by atoms with Crippen molar-refractivity contribution >= 4 is 24.5 Å². The molecule has 1 aromatic carbocycles. The van der Waals surface area contributed by atoms with Gasteiger partial charge in [0.1, 0.15) is 5.75 Å². The van der Waals surface area contributed by atoms with Gasteiger partial charge in [-0.1, -0.05) is 18.2 Å². The van der Waals surface area contributed by atoms with Crippen molar-refractivity contribution in [2.24, 2.45) is 0 Å². The van der Waals surface area contributed by atoms with Crippen LogP contribution in [0.3, 0.4) is 0 Å². The van der Waals surface area contributed by atoms with Gasteiger partial charge in [0.2, 0.25) is 5.91 Å². The molecule has 0 fully saturated rings. The van der Waals surface area contributed by atoms with Crippen molar-refractivity contribution in [3.63, 3.8) is 0 Å². The first-order valence-electron chi connectivity index (χ1n) is 4.82. The molecule has 0 bridgehead atoms. The summed E-state index contributed by atoms with van der Waals surface area (Å²) in [7, 11) is 0. The third kappa shape index (κ3) is 1.90. The molecule has 0 spiro atoms. The van der Waals surface area contributed by atoms with Crippen LogP contribution >= 0.6 is 12.6 Å². The van der Waals surface area contributed by atoms with E-state index in [1.54, 1.807) is 12.1 Å². The molecule has 0 radical (unpaired) electrons. The van der Waals surface area contributed by atoms with Crippen LogP contribution in [0.4, 0.5) is 0 Å². The summed E-state index contributed by atoms with van der Waals surface area (Å²) in [5.41, 5.74) is 0.853. The minimum atomic E-state index is -1.26. The number of thiol groups is 1. The van der Waals surface area contributed by atoms with Crippen molar-refractivity contribution in [1.82, 2.24) is 5.32 Å². The number of ether oxygens (including phenoxy) is 1. The summed E-state index contributed by atoms with van der Waals surface area (Å²) in [5, 5.41) is 2.50. The molecular formula is C11H11NO3S. The maximum atomic E-state index is 11.7. The molecule has 1 unspecified atom stereocenters. The first-order valence-corrected chi connectivity index (χ1v) is 5.27. The van der Waals surface area contributed by atoms with Crippen LogP contribution in [0.1, 0.15) is 12.5 Å². The van der Waals surface area contributed by atoms with Gasteiger partial charge in [0, 0.05) is 13.3 Å². The van der Waals surface area contributed by atoms with E-state index in [1.807, 2.05) is 12.1 Å². The minimum Gasteiger partial charge on any atom is -0.424 e. The number of nitrogens with one attached hydrogen (secondary N) is 1. The highest BCUT2D eigenvalue weighted by Crippen LogP contribution is 2.31. The molecule has 1 atom stereocenters. The second-order valence-corrected chi connectivity index (χ2v) is 4.48. The normalized spacial score (nSPS) is 23.2. The van der Waals surface area contributed by atoms with Crippen LogP contribution < -0.4 is 10.1 Å². The van der Waals surface area contributed by atoms with Crippen molar-refractivity contribution in [3.8, 4) is 5.75 Å². The van der Waals surface area contributed by atoms with Gasteiger partial charge in [-0.2, -0.15) is 0 Å². The van der Waals surface area contributed by atoms with E-state index in [-0.39, 0.29) is 5.91 Å². The van der Waals surface area contributed by atoms with Crippen LogP contribution in [0.5, 0.6) is 5.75 Å². The van der Waals surface area contributed by atoms with Crippen molar-refractivity contribution < 1.29 is 14.3 Å².